The van der Waals surface area contributed by atoms with Crippen LogP contribution < -0.4 is 32.7 Å². The molecule has 1 fully saturated rings. The van der Waals surface area contributed by atoms with Crippen LogP contribution in [0.2, 0.25) is 0 Å². The Morgan fingerprint density at radius 1 is 1.00 bits per heavy atom. The SMILES string of the molecule is CC(NC(=O)C1CCCN1)C(=O)NC(CCC(N)=O)C(=O)NC(CC(N)=O)C(=O)O. The lowest BCUT2D eigenvalue weighted by Gasteiger charge is -2.23. The molecule has 168 valence electrons. The Morgan fingerprint density at radius 2 is 1.63 bits per heavy atom. The van der Waals surface area contributed by atoms with E-state index in [2.05, 4.69) is 21.3 Å². The van der Waals surface area contributed by atoms with E-state index in [-0.39, 0.29) is 18.7 Å². The van der Waals surface area contributed by atoms with Crippen LogP contribution in [0.3, 0.4) is 0 Å². The average Bonchev–Trinajstić information content (AvgIpc) is 3.18. The van der Waals surface area contributed by atoms with Crippen molar-refractivity contribution < 1.29 is 33.9 Å². The van der Waals surface area contributed by atoms with E-state index >= 15 is 0 Å². The maximum Gasteiger partial charge on any atom is 0.326 e. The number of carbonyl (C=O) groups excluding carboxylic acids is 5. The molecule has 4 atom stereocenters. The number of carbonyl (C=O) groups is 6. The molecular weight excluding hydrogens is 400 g/mol. The van der Waals surface area contributed by atoms with Crippen molar-refractivity contribution in [2.45, 2.75) is 63.2 Å². The van der Waals surface area contributed by atoms with Crippen molar-refractivity contribution in [2.75, 3.05) is 6.54 Å². The lowest BCUT2D eigenvalue weighted by Crippen LogP contribution is -2.56. The monoisotopic (exact) mass is 428 g/mol. The summed E-state index contributed by atoms with van der Waals surface area (Å²) in [7, 11) is 0. The van der Waals surface area contributed by atoms with Gasteiger partial charge in [-0.05, 0) is 32.7 Å². The highest BCUT2D eigenvalue weighted by Gasteiger charge is 2.30. The van der Waals surface area contributed by atoms with E-state index in [1.807, 2.05) is 0 Å². The Kier molecular flexibility index (Phi) is 9.68. The summed E-state index contributed by atoms with van der Waals surface area (Å²) in [6.07, 6.45) is 0.349. The zero-order valence-corrected chi connectivity index (χ0v) is 16.6. The normalized spacial score (nSPS) is 18.5. The van der Waals surface area contributed by atoms with Crippen molar-refractivity contribution in [1.29, 1.82) is 0 Å². The summed E-state index contributed by atoms with van der Waals surface area (Å²) in [6.45, 7) is 2.11. The Hall–Kier alpha value is -3.22. The molecule has 0 saturated carbocycles. The van der Waals surface area contributed by atoms with E-state index in [1.165, 1.54) is 6.92 Å². The first-order chi connectivity index (χ1) is 14.0. The molecule has 1 rings (SSSR count). The molecule has 0 aromatic carbocycles. The Balaban J connectivity index is 2.77. The van der Waals surface area contributed by atoms with Crippen LogP contribution in [0.4, 0.5) is 0 Å². The lowest BCUT2D eigenvalue weighted by atomic mass is 10.1. The van der Waals surface area contributed by atoms with Gasteiger partial charge in [0.25, 0.3) is 0 Å². The van der Waals surface area contributed by atoms with Gasteiger partial charge in [0, 0.05) is 6.42 Å². The van der Waals surface area contributed by atoms with Crippen LogP contribution in [0.15, 0.2) is 0 Å². The summed E-state index contributed by atoms with van der Waals surface area (Å²) < 4.78 is 0. The number of aliphatic carboxylic acids is 1. The summed E-state index contributed by atoms with van der Waals surface area (Å²) in [5.41, 5.74) is 10.1. The predicted octanol–water partition coefficient (Wildman–Crippen LogP) is -3.56. The summed E-state index contributed by atoms with van der Waals surface area (Å²) in [4.78, 5) is 70.2. The van der Waals surface area contributed by atoms with Crippen LogP contribution in [-0.4, -0.2) is 71.3 Å². The van der Waals surface area contributed by atoms with Crippen LogP contribution in [0.25, 0.3) is 0 Å². The maximum atomic E-state index is 12.5. The molecule has 13 nitrogen and oxygen atoms in total. The second-order valence-corrected chi connectivity index (χ2v) is 7.02. The van der Waals surface area contributed by atoms with E-state index in [9.17, 15) is 28.8 Å². The third-order valence-corrected chi connectivity index (χ3v) is 4.46. The third kappa shape index (κ3) is 8.43. The minimum absolute atomic E-state index is 0.208. The molecule has 0 spiro atoms. The Morgan fingerprint density at radius 3 is 2.13 bits per heavy atom. The van der Waals surface area contributed by atoms with E-state index in [0.717, 1.165) is 6.42 Å². The molecule has 1 saturated heterocycles. The summed E-state index contributed by atoms with van der Waals surface area (Å²) >= 11 is 0. The quantitative estimate of drug-likeness (QED) is 0.164. The highest BCUT2D eigenvalue weighted by Crippen LogP contribution is 2.05. The fraction of sp³-hybridized carbons (Fsp3) is 0.647. The van der Waals surface area contributed by atoms with Gasteiger partial charge in [0.15, 0.2) is 0 Å². The smallest absolute Gasteiger partial charge is 0.326 e. The van der Waals surface area contributed by atoms with Gasteiger partial charge in [0.2, 0.25) is 29.5 Å². The standard InChI is InChI=1S/C17H28N6O7/c1-8(21-15(27)9-3-2-6-20-9)14(26)22-10(4-5-12(18)24)16(28)23-11(17(29)30)7-13(19)25/h8-11,20H,2-7H2,1H3,(H2,18,24)(H2,19,25)(H,21,27)(H,22,26)(H,23,28)(H,29,30). The molecule has 0 radical (unpaired) electrons. The molecule has 0 aromatic rings. The number of carboxylic acid groups (broad SMARTS) is 1. The molecular formula is C17H28N6O7. The van der Waals surface area contributed by atoms with Gasteiger partial charge in [0.05, 0.1) is 12.5 Å². The summed E-state index contributed by atoms with van der Waals surface area (Å²) in [5.74, 6) is -5.19. The van der Waals surface area contributed by atoms with E-state index in [1.54, 1.807) is 0 Å². The fourth-order valence-corrected chi connectivity index (χ4v) is 2.81. The van der Waals surface area contributed by atoms with Crippen molar-refractivity contribution in [3.05, 3.63) is 0 Å². The first-order valence-electron chi connectivity index (χ1n) is 9.45. The lowest BCUT2D eigenvalue weighted by molar-refractivity contribution is -0.144. The zero-order chi connectivity index (χ0) is 22.8. The van der Waals surface area contributed by atoms with Crippen molar-refractivity contribution in [2.24, 2.45) is 11.5 Å². The molecule has 5 amide bonds. The van der Waals surface area contributed by atoms with Gasteiger partial charge in [-0.15, -0.1) is 0 Å². The number of primary amides is 2. The van der Waals surface area contributed by atoms with Crippen LogP contribution in [0, 0.1) is 0 Å². The molecule has 0 bridgehead atoms. The van der Waals surface area contributed by atoms with Gasteiger partial charge in [0.1, 0.15) is 18.1 Å². The summed E-state index contributed by atoms with van der Waals surface area (Å²) in [6, 6.07) is -4.32. The van der Waals surface area contributed by atoms with Gasteiger partial charge in [-0.2, -0.15) is 0 Å². The Labute approximate surface area is 172 Å². The zero-order valence-electron chi connectivity index (χ0n) is 16.6. The molecule has 13 heteroatoms. The maximum absolute atomic E-state index is 12.5. The molecule has 0 aromatic heterocycles. The molecule has 1 aliphatic heterocycles. The molecule has 0 aliphatic carbocycles. The number of nitrogens with two attached hydrogens (primary N) is 2. The number of hydrogen-bond acceptors (Lipinski definition) is 7. The molecule has 1 aliphatic rings. The number of amides is 5. The highest BCUT2D eigenvalue weighted by atomic mass is 16.4. The van der Waals surface area contributed by atoms with Gasteiger partial charge in [-0.3, -0.25) is 24.0 Å². The van der Waals surface area contributed by atoms with E-state index in [4.69, 9.17) is 16.6 Å². The summed E-state index contributed by atoms with van der Waals surface area (Å²) in [5, 5.41) is 19.1. The minimum Gasteiger partial charge on any atom is -0.480 e. The van der Waals surface area contributed by atoms with Crippen molar-refractivity contribution in [1.82, 2.24) is 21.3 Å². The molecule has 4 unspecified atom stereocenters. The number of hydrogen-bond donors (Lipinski definition) is 7. The second kappa shape index (κ2) is 11.7. The number of carboxylic acids is 1. The van der Waals surface area contributed by atoms with Crippen molar-refractivity contribution in [3.8, 4) is 0 Å². The second-order valence-electron chi connectivity index (χ2n) is 7.02. The van der Waals surface area contributed by atoms with Crippen molar-refractivity contribution >= 4 is 35.5 Å². The predicted molar refractivity (Wildman–Crippen MR) is 102 cm³/mol. The van der Waals surface area contributed by atoms with Gasteiger partial charge in [-0.25, -0.2) is 4.79 Å². The topological polar surface area (TPSA) is 223 Å². The number of rotatable bonds is 12. The Bertz CT molecular complexity index is 692. The largest absolute Gasteiger partial charge is 0.480 e. The first kappa shape index (κ1) is 24.8. The van der Waals surface area contributed by atoms with E-state index < -0.39 is 60.2 Å². The van der Waals surface area contributed by atoms with Crippen LogP contribution in [0.5, 0.6) is 0 Å². The molecule has 1 heterocycles. The molecule has 30 heavy (non-hydrogen) atoms. The average molecular weight is 428 g/mol. The van der Waals surface area contributed by atoms with Crippen LogP contribution in [-0.2, 0) is 28.8 Å². The van der Waals surface area contributed by atoms with Gasteiger partial charge in [-0.1, -0.05) is 0 Å². The van der Waals surface area contributed by atoms with Crippen LogP contribution >= 0.6 is 0 Å². The highest BCUT2D eigenvalue weighted by molar-refractivity contribution is 5.95. The van der Waals surface area contributed by atoms with Crippen molar-refractivity contribution in [3.63, 3.8) is 0 Å². The number of nitrogens with one attached hydrogen (secondary N) is 4. The van der Waals surface area contributed by atoms with Gasteiger partial charge >= 0.3 is 5.97 Å². The minimum atomic E-state index is -1.60. The molecule has 9 N–H and O–H groups in total. The van der Waals surface area contributed by atoms with Crippen LogP contribution in [0.1, 0.15) is 39.0 Å². The third-order valence-electron chi connectivity index (χ3n) is 4.46. The van der Waals surface area contributed by atoms with E-state index in [0.29, 0.717) is 13.0 Å². The fourth-order valence-electron chi connectivity index (χ4n) is 2.81. The first-order valence-corrected chi connectivity index (χ1v) is 9.45. The van der Waals surface area contributed by atoms with Gasteiger partial charge < -0.3 is 37.8 Å².